The van der Waals surface area contributed by atoms with Crippen molar-refractivity contribution in [2.45, 2.75) is 5.60 Å². The molecule has 4 aromatic rings. The second-order valence-electron chi connectivity index (χ2n) is 7.35. The molecular formula is C24H21F2N3O3. The normalized spacial score (nSPS) is 11.7. The molecule has 0 spiro atoms. The number of carbonyl (C=O) groups is 1. The van der Waals surface area contributed by atoms with Gasteiger partial charge < -0.3 is 20.1 Å². The first-order valence-corrected chi connectivity index (χ1v) is 9.96. The minimum absolute atomic E-state index is 0.00406. The number of fused-ring (bicyclic) bond motifs is 1. The fraction of sp³-hybridized carbons (Fsp3) is 0.167. The Bertz CT molecular complexity index is 1260. The maximum absolute atomic E-state index is 14.9. The molecule has 3 N–H and O–H groups in total. The zero-order valence-electron chi connectivity index (χ0n) is 17.2. The number of carbonyl (C=O) groups excluding carboxylic acids is 1. The Kier molecular flexibility index (Phi) is 5.73. The van der Waals surface area contributed by atoms with Crippen LogP contribution in [0, 0.1) is 11.6 Å². The van der Waals surface area contributed by atoms with Gasteiger partial charge in [-0.25, -0.2) is 13.8 Å². The summed E-state index contributed by atoms with van der Waals surface area (Å²) in [6.45, 7) is -0.0873. The van der Waals surface area contributed by atoms with E-state index in [1.54, 1.807) is 37.4 Å². The predicted molar refractivity (Wildman–Crippen MR) is 115 cm³/mol. The van der Waals surface area contributed by atoms with Gasteiger partial charge in [-0.05, 0) is 30.3 Å². The Morgan fingerprint density at radius 3 is 2.19 bits per heavy atom. The van der Waals surface area contributed by atoms with E-state index in [4.69, 9.17) is 5.11 Å². The van der Waals surface area contributed by atoms with Gasteiger partial charge in [-0.1, -0.05) is 36.4 Å². The number of amides is 1. The highest BCUT2D eigenvalue weighted by molar-refractivity contribution is 5.97. The minimum atomic E-state index is -2.23. The molecule has 1 amide bonds. The first-order chi connectivity index (χ1) is 15.4. The molecule has 164 valence electrons. The molecule has 0 aliphatic carbocycles. The fourth-order valence-electron chi connectivity index (χ4n) is 3.82. The number of aromatic nitrogens is 2. The van der Waals surface area contributed by atoms with Crippen molar-refractivity contribution in [1.29, 1.82) is 0 Å². The minimum Gasteiger partial charge on any atom is -0.395 e. The molecule has 8 heteroatoms. The number of halogens is 2. The highest BCUT2D eigenvalue weighted by Crippen LogP contribution is 2.39. The molecular weight excluding hydrogens is 416 g/mol. The van der Waals surface area contributed by atoms with Gasteiger partial charge in [0.25, 0.3) is 5.91 Å². The largest absolute Gasteiger partial charge is 0.395 e. The van der Waals surface area contributed by atoms with Crippen LogP contribution in [-0.2, 0) is 12.6 Å². The van der Waals surface area contributed by atoms with Gasteiger partial charge in [-0.3, -0.25) is 4.79 Å². The third-order valence-electron chi connectivity index (χ3n) is 5.39. The van der Waals surface area contributed by atoms with Crippen LogP contribution in [-0.4, -0.2) is 38.8 Å². The number of nitrogens with zero attached hydrogens (tertiary/aromatic N) is 2. The van der Waals surface area contributed by atoms with Crippen LogP contribution in [0.2, 0.25) is 0 Å². The van der Waals surface area contributed by atoms with Crippen LogP contribution in [0.3, 0.4) is 0 Å². The molecule has 32 heavy (non-hydrogen) atoms. The van der Waals surface area contributed by atoms with E-state index in [-0.39, 0.29) is 36.0 Å². The van der Waals surface area contributed by atoms with Gasteiger partial charge in [0.05, 0.1) is 17.6 Å². The summed E-state index contributed by atoms with van der Waals surface area (Å²) in [5.41, 5.74) is -1.28. The summed E-state index contributed by atoms with van der Waals surface area (Å²) in [7, 11) is 1.60. The van der Waals surface area contributed by atoms with Crippen LogP contribution in [0.15, 0.2) is 66.7 Å². The van der Waals surface area contributed by atoms with E-state index in [9.17, 15) is 18.7 Å². The zero-order chi connectivity index (χ0) is 22.9. The van der Waals surface area contributed by atoms with Gasteiger partial charge in [-0.15, -0.1) is 0 Å². The smallest absolute Gasteiger partial charge is 0.251 e. The van der Waals surface area contributed by atoms with Crippen molar-refractivity contribution < 1.29 is 23.8 Å². The summed E-state index contributed by atoms with van der Waals surface area (Å²) in [6, 6.07) is 15.9. The van der Waals surface area contributed by atoms with E-state index in [0.29, 0.717) is 16.6 Å². The number of aliphatic hydroxyl groups excluding tert-OH is 1. The van der Waals surface area contributed by atoms with E-state index < -0.39 is 17.2 Å². The van der Waals surface area contributed by atoms with E-state index in [1.165, 1.54) is 41.0 Å². The highest BCUT2D eigenvalue weighted by Gasteiger charge is 2.42. The molecule has 0 aliphatic heterocycles. The van der Waals surface area contributed by atoms with Crippen LogP contribution in [0.4, 0.5) is 8.78 Å². The molecule has 0 aliphatic rings. The first kappa shape index (κ1) is 21.6. The second-order valence-corrected chi connectivity index (χ2v) is 7.35. The zero-order valence-corrected chi connectivity index (χ0v) is 17.2. The van der Waals surface area contributed by atoms with Crippen LogP contribution < -0.4 is 5.32 Å². The van der Waals surface area contributed by atoms with Gasteiger partial charge in [-0.2, -0.15) is 0 Å². The lowest BCUT2D eigenvalue weighted by Gasteiger charge is -2.29. The molecule has 0 saturated carbocycles. The Hall–Kier alpha value is -3.62. The molecule has 0 bridgehead atoms. The first-order valence-electron chi connectivity index (χ1n) is 9.96. The summed E-state index contributed by atoms with van der Waals surface area (Å²) < 4.78 is 31.3. The molecule has 0 unspecified atom stereocenters. The fourth-order valence-corrected chi connectivity index (χ4v) is 3.82. The average Bonchev–Trinajstić information content (AvgIpc) is 3.14. The predicted octanol–water partition coefficient (Wildman–Crippen LogP) is 2.86. The Balaban J connectivity index is 1.95. The number of nitrogens with one attached hydrogen (secondary N) is 1. The molecule has 0 fully saturated rings. The van der Waals surface area contributed by atoms with Crippen LogP contribution in [0.5, 0.6) is 0 Å². The Morgan fingerprint density at radius 2 is 1.62 bits per heavy atom. The lowest BCUT2D eigenvalue weighted by atomic mass is 9.84. The van der Waals surface area contributed by atoms with E-state index in [0.717, 1.165) is 0 Å². The topological polar surface area (TPSA) is 87.4 Å². The van der Waals surface area contributed by atoms with Crippen molar-refractivity contribution in [2.75, 3.05) is 13.2 Å². The van der Waals surface area contributed by atoms with E-state index in [2.05, 4.69) is 10.3 Å². The van der Waals surface area contributed by atoms with Crippen molar-refractivity contribution >= 4 is 16.9 Å². The van der Waals surface area contributed by atoms with Crippen molar-refractivity contribution in [1.82, 2.24) is 14.9 Å². The third kappa shape index (κ3) is 3.53. The molecule has 0 radical (unpaired) electrons. The Labute approximate surface area is 182 Å². The molecule has 4 rings (SSSR count). The number of hydrogen-bond donors (Lipinski definition) is 3. The number of hydrogen-bond acceptors (Lipinski definition) is 4. The molecule has 1 heterocycles. The van der Waals surface area contributed by atoms with Crippen molar-refractivity contribution in [3.63, 3.8) is 0 Å². The van der Waals surface area contributed by atoms with Crippen LogP contribution in [0.25, 0.3) is 11.0 Å². The molecule has 0 saturated heterocycles. The molecule has 3 aromatic carbocycles. The Morgan fingerprint density at radius 1 is 1.03 bits per heavy atom. The van der Waals surface area contributed by atoms with Gasteiger partial charge in [0.2, 0.25) is 0 Å². The molecule has 0 atom stereocenters. The summed E-state index contributed by atoms with van der Waals surface area (Å²) in [5.74, 6) is -1.82. The summed E-state index contributed by atoms with van der Waals surface area (Å²) in [4.78, 5) is 16.8. The standard InChI is InChI=1S/C24H21F2N3O3/c1-29-21-14-15(22(31)27-12-13-30)10-11-20(21)28-23(29)24(32,16-6-2-4-8-18(16)25)17-7-3-5-9-19(17)26/h2-11,14,30,32H,12-13H2,1H3,(H,27,31). The van der Waals surface area contributed by atoms with Gasteiger partial charge in [0.1, 0.15) is 11.6 Å². The molecule has 1 aromatic heterocycles. The van der Waals surface area contributed by atoms with E-state index >= 15 is 0 Å². The van der Waals surface area contributed by atoms with E-state index in [1.807, 2.05) is 0 Å². The average molecular weight is 437 g/mol. The third-order valence-corrected chi connectivity index (χ3v) is 5.39. The van der Waals surface area contributed by atoms with Crippen molar-refractivity contribution in [2.24, 2.45) is 7.05 Å². The number of imidazole rings is 1. The van der Waals surface area contributed by atoms with Crippen molar-refractivity contribution in [3.8, 4) is 0 Å². The van der Waals surface area contributed by atoms with Crippen LogP contribution >= 0.6 is 0 Å². The maximum Gasteiger partial charge on any atom is 0.251 e. The number of aliphatic hydroxyl groups is 2. The monoisotopic (exact) mass is 437 g/mol. The van der Waals surface area contributed by atoms with Gasteiger partial charge in [0.15, 0.2) is 11.4 Å². The number of aryl methyl sites for hydroxylation is 1. The second kappa shape index (κ2) is 8.49. The lowest BCUT2D eigenvalue weighted by Crippen LogP contribution is -2.34. The van der Waals surface area contributed by atoms with Crippen LogP contribution in [0.1, 0.15) is 27.3 Å². The summed E-state index contributed by atoms with van der Waals surface area (Å²) >= 11 is 0. The number of rotatable bonds is 6. The molecule has 6 nitrogen and oxygen atoms in total. The lowest BCUT2D eigenvalue weighted by molar-refractivity contribution is 0.0944. The highest BCUT2D eigenvalue weighted by atomic mass is 19.1. The maximum atomic E-state index is 14.9. The van der Waals surface area contributed by atoms with Crippen molar-refractivity contribution in [3.05, 3.63) is 101 Å². The van der Waals surface area contributed by atoms with Gasteiger partial charge in [0, 0.05) is 30.3 Å². The summed E-state index contributed by atoms with van der Waals surface area (Å²) in [6.07, 6.45) is 0. The SMILES string of the molecule is Cn1c(C(O)(c2ccccc2F)c2ccccc2F)nc2ccc(C(=O)NCCO)cc21. The number of benzene rings is 3. The van der Waals surface area contributed by atoms with Gasteiger partial charge >= 0.3 is 0 Å². The quantitative estimate of drug-likeness (QED) is 0.433. The summed E-state index contributed by atoms with van der Waals surface area (Å²) in [5, 5.41) is 23.4.